The SMILES string of the molecule is CCNC(=NCCCOCC1CCOCC1)N(C)Cc1ccc(F)cc1.I. The van der Waals surface area contributed by atoms with Crippen LogP contribution in [0.5, 0.6) is 0 Å². The van der Waals surface area contributed by atoms with E-state index in [0.29, 0.717) is 12.5 Å². The molecule has 0 amide bonds. The second kappa shape index (κ2) is 14.1. The molecule has 0 radical (unpaired) electrons. The van der Waals surface area contributed by atoms with Gasteiger partial charge in [-0.3, -0.25) is 4.99 Å². The lowest BCUT2D eigenvalue weighted by molar-refractivity contribution is 0.0205. The fourth-order valence-electron chi connectivity index (χ4n) is 2.92. The van der Waals surface area contributed by atoms with Crippen molar-refractivity contribution < 1.29 is 13.9 Å². The van der Waals surface area contributed by atoms with Crippen LogP contribution in [0.25, 0.3) is 0 Å². The molecule has 1 N–H and O–H groups in total. The first-order chi connectivity index (χ1) is 12.7. The highest BCUT2D eigenvalue weighted by molar-refractivity contribution is 14.0. The molecule has 154 valence electrons. The van der Waals surface area contributed by atoms with E-state index >= 15 is 0 Å². The lowest BCUT2D eigenvalue weighted by Gasteiger charge is -2.22. The number of hydrogen-bond acceptors (Lipinski definition) is 3. The van der Waals surface area contributed by atoms with Gasteiger partial charge in [-0.2, -0.15) is 0 Å². The van der Waals surface area contributed by atoms with Gasteiger partial charge in [0.25, 0.3) is 0 Å². The van der Waals surface area contributed by atoms with Gasteiger partial charge in [0, 0.05) is 53.1 Å². The Balaban J connectivity index is 0.00000364. The standard InChI is InChI=1S/C20H32FN3O2.HI/c1-3-22-20(24(2)15-17-5-7-19(21)8-6-17)23-11-4-12-26-16-18-9-13-25-14-10-18;/h5-8,18H,3-4,9-16H2,1-2H3,(H,22,23);1H. The average Bonchev–Trinajstić information content (AvgIpc) is 2.66. The van der Waals surface area contributed by atoms with E-state index in [9.17, 15) is 4.39 Å². The highest BCUT2D eigenvalue weighted by Crippen LogP contribution is 2.14. The largest absolute Gasteiger partial charge is 0.381 e. The molecule has 1 heterocycles. The van der Waals surface area contributed by atoms with E-state index < -0.39 is 0 Å². The van der Waals surface area contributed by atoms with Crippen LogP contribution in [0.3, 0.4) is 0 Å². The van der Waals surface area contributed by atoms with Crippen molar-refractivity contribution >= 4 is 29.9 Å². The number of rotatable bonds is 9. The van der Waals surface area contributed by atoms with Crippen LogP contribution in [0.4, 0.5) is 4.39 Å². The molecular weight excluding hydrogens is 460 g/mol. The van der Waals surface area contributed by atoms with Gasteiger partial charge in [-0.15, -0.1) is 24.0 Å². The second-order valence-corrected chi connectivity index (χ2v) is 6.70. The van der Waals surface area contributed by atoms with Gasteiger partial charge in [0.05, 0.1) is 0 Å². The molecule has 0 atom stereocenters. The first-order valence-electron chi connectivity index (χ1n) is 9.58. The monoisotopic (exact) mass is 493 g/mol. The van der Waals surface area contributed by atoms with Crippen molar-refractivity contribution in [3.8, 4) is 0 Å². The maximum atomic E-state index is 13.0. The molecule has 5 nitrogen and oxygen atoms in total. The fourth-order valence-corrected chi connectivity index (χ4v) is 2.92. The summed E-state index contributed by atoms with van der Waals surface area (Å²) in [6, 6.07) is 6.59. The first kappa shape index (κ1) is 24.1. The molecule has 1 fully saturated rings. The van der Waals surface area contributed by atoms with E-state index in [1.807, 2.05) is 7.05 Å². The summed E-state index contributed by atoms with van der Waals surface area (Å²) >= 11 is 0. The number of ether oxygens (including phenoxy) is 2. The Labute approximate surface area is 179 Å². The maximum absolute atomic E-state index is 13.0. The summed E-state index contributed by atoms with van der Waals surface area (Å²) in [5.74, 6) is 1.30. The van der Waals surface area contributed by atoms with Crippen molar-refractivity contribution in [1.82, 2.24) is 10.2 Å². The van der Waals surface area contributed by atoms with Crippen LogP contribution < -0.4 is 5.32 Å². The van der Waals surface area contributed by atoms with Gasteiger partial charge in [-0.1, -0.05) is 12.1 Å². The molecule has 0 aromatic heterocycles. The van der Waals surface area contributed by atoms with E-state index in [4.69, 9.17) is 9.47 Å². The Morgan fingerprint density at radius 1 is 1.30 bits per heavy atom. The van der Waals surface area contributed by atoms with Crippen LogP contribution in [-0.2, 0) is 16.0 Å². The van der Waals surface area contributed by atoms with Crippen molar-refractivity contribution in [1.29, 1.82) is 0 Å². The predicted octanol–water partition coefficient (Wildman–Crippen LogP) is 3.67. The highest BCUT2D eigenvalue weighted by atomic mass is 127. The van der Waals surface area contributed by atoms with Gasteiger partial charge in [0.15, 0.2) is 5.96 Å². The Morgan fingerprint density at radius 3 is 2.67 bits per heavy atom. The molecule has 0 aliphatic carbocycles. The van der Waals surface area contributed by atoms with E-state index in [-0.39, 0.29) is 29.8 Å². The predicted molar refractivity (Wildman–Crippen MR) is 118 cm³/mol. The van der Waals surface area contributed by atoms with Gasteiger partial charge in [0.1, 0.15) is 5.82 Å². The molecule has 0 saturated carbocycles. The lowest BCUT2D eigenvalue weighted by atomic mass is 10.0. The van der Waals surface area contributed by atoms with Crippen LogP contribution in [0.1, 0.15) is 31.7 Å². The van der Waals surface area contributed by atoms with Gasteiger partial charge in [-0.05, 0) is 49.8 Å². The van der Waals surface area contributed by atoms with Crippen molar-refractivity contribution in [3.63, 3.8) is 0 Å². The molecule has 1 aliphatic rings. The summed E-state index contributed by atoms with van der Waals surface area (Å²) in [6.07, 6.45) is 3.12. The minimum absolute atomic E-state index is 0. The van der Waals surface area contributed by atoms with Crippen LogP contribution in [0, 0.1) is 11.7 Å². The molecule has 1 aromatic rings. The number of hydrogen-bond donors (Lipinski definition) is 1. The number of nitrogens with one attached hydrogen (secondary N) is 1. The Bertz CT molecular complexity index is 537. The van der Waals surface area contributed by atoms with Crippen LogP contribution in [0.15, 0.2) is 29.3 Å². The summed E-state index contributed by atoms with van der Waals surface area (Å²) in [4.78, 5) is 6.72. The summed E-state index contributed by atoms with van der Waals surface area (Å²) in [6.45, 7) is 7.58. The molecule has 7 heteroatoms. The summed E-state index contributed by atoms with van der Waals surface area (Å²) < 4.78 is 24.2. The quantitative estimate of drug-likeness (QED) is 0.247. The molecule has 0 unspecified atom stereocenters. The van der Waals surface area contributed by atoms with Gasteiger partial charge >= 0.3 is 0 Å². The molecule has 2 rings (SSSR count). The summed E-state index contributed by atoms with van der Waals surface area (Å²) in [5.41, 5.74) is 1.05. The normalized spacial score (nSPS) is 15.3. The number of guanidine groups is 1. The third kappa shape index (κ3) is 9.71. The van der Waals surface area contributed by atoms with Gasteiger partial charge in [-0.25, -0.2) is 4.39 Å². The number of aliphatic imine (C=N–C) groups is 1. The number of benzene rings is 1. The smallest absolute Gasteiger partial charge is 0.193 e. The zero-order valence-corrected chi connectivity index (χ0v) is 18.8. The van der Waals surface area contributed by atoms with E-state index in [0.717, 1.165) is 70.3 Å². The Kier molecular flexibility index (Phi) is 12.6. The Morgan fingerprint density at radius 2 is 2.00 bits per heavy atom. The molecule has 27 heavy (non-hydrogen) atoms. The Hall–Kier alpha value is -0.930. The summed E-state index contributed by atoms with van der Waals surface area (Å²) in [7, 11) is 1.99. The topological polar surface area (TPSA) is 46.1 Å². The number of nitrogens with zero attached hydrogens (tertiary/aromatic N) is 2. The molecule has 1 aromatic carbocycles. The minimum atomic E-state index is -0.210. The average molecular weight is 493 g/mol. The molecule has 0 spiro atoms. The molecule has 1 aliphatic heterocycles. The zero-order chi connectivity index (χ0) is 18.6. The second-order valence-electron chi connectivity index (χ2n) is 6.70. The van der Waals surface area contributed by atoms with Crippen molar-refractivity contribution in [2.24, 2.45) is 10.9 Å². The highest BCUT2D eigenvalue weighted by Gasteiger charge is 2.13. The van der Waals surface area contributed by atoms with E-state index in [1.165, 1.54) is 12.1 Å². The molecule has 0 bridgehead atoms. The fraction of sp³-hybridized carbons (Fsp3) is 0.650. The van der Waals surface area contributed by atoms with Crippen LogP contribution in [-0.4, -0.2) is 57.4 Å². The lowest BCUT2D eigenvalue weighted by Crippen LogP contribution is -2.38. The van der Waals surface area contributed by atoms with Crippen LogP contribution in [0.2, 0.25) is 0 Å². The van der Waals surface area contributed by atoms with E-state index in [1.54, 1.807) is 12.1 Å². The van der Waals surface area contributed by atoms with Crippen LogP contribution >= 0.6 is 24.0 Å². The zero-order valence-electron chi connectivity index (χ0n) is 16.5. The molecule has 1 saturated heterocycles. The number of halogens is 2. The summed E-state index contributed by atoms with van der Waals surface area (Å²) in [5, 5.41) is 3.30. The molecular formula is C20H33FIN3O2. The van der Waals surface area contributed by atoms with Gasteiger partial charge < -0.3 is 19.7 Å². The van der Waals surface area contributed by atoms with E-state index in [2.05, 4.69) is 22.1 Å². The third-order valence-corrected chi connectivity index (χ3v) is 4.43. The third-order valence-electron chi connectivity index (χ3n) is 4.43. The van der Waals surface area contributed by atoms with Crippen molar-refractivity contribution in [2.75, 3.05) is 46.6 Å². The minimum Gasteiger partial charge on any atom is -0.381 e. The first-order valence-corrected chi connectivity index (χ1v) is 9.58. The van der Waals surface area contributed by atoms with Crippen molar-refractivity contribution in [2.45, 2.75) is 32.7 Å². The van der Waals surface area contributed by atoms with Gasteiger partial charge in [0.2, 0.25) is 0 Å². The maximum Gasteiger partial charge on any atom is 0.193 e. The van der Waals surface area contributed by atoms with Crippen molar-refractivity contribution in [3.05, 3.63) is 35.6 Å².